The zero-order valence-corrected chi connectivity index (χ0v) is 16.5. The number of nitrogens with zero attached hydrogens (tertiary/aromatic N) is 3. The van der Waals surface area contributed by atoms with Crippen molar-refractivity contribution in [3.05, 3.63) is 47.7 Å². The molecule has 7 nitrogen and oxygen atoms in total. The molecule has 0 bridgehead atoms. The van der Waals surface area contributed by atoms with Crippen LogP contribution < -0.4 is 10.2 Å². The molecule has 1 unspecified atom stereocenters. The number of hydrogen-bond donors (Lipinski definition) is 2. The number of anilines is 2. The molecule has 1 aliphatic carbocycles. The first-order valence-corrected chi connectivity index (χ1v) is 9.32. The summed E-state index contributed by atoms with van der Waals surface area (Å²) in [6.07, 6.45) is 4.48. The van der Waals surface area contributed by atoms with Crippen molar-refractivity contribution in [2.75, 3.05) is 10.2 Å². The second-order valence-electron chi connectivity index (χ2n) is 8.32. The monoisotopic (exact) mass is 380 g/mol. The average Bonchev–Trinajstić information content (AvgIpc) is 2.93. The number of aromatic nitrogens is 2. The Morgan fingerprint density at radius 3 is 2.71 bits per heavy atom. The Balaban J connectivity index is 2.05. The maximum absolute atomic E-state index is 13.3. The quantitative estimate of drug-likeness (QED) is 0.742. The van der Waals surface area contributed by atoms with Crippen LogP contribution in [0.5, 0.6) is 5.75 Å². The average molecular weight is 380 g/mol. The van der Waals surface area contributed by atoms with Gasteiger partial charge in [0.05, 0.1) is 5.69 Å². The molecule has 0 radical (unpaired) electrons. The fraction of sp³-hybridized carbons (Fsp3) is 0.381. The van der Waals surface area contributed by atoms with E-state index in [1.165, 1.54) is 6.92 Å². The summed E-state index contributed by atoms with van der Waals surface area (Å²) in [6.45, 7) is 5.56. The molecule has 7 heteroatoms. The number of allylic oxidation sites excluding steroid dienone is 1. The number of ketones is 1. The van der Waals surface area contributed by atoms with Gasteiger partial charge < -0.3 is 15.0 Å². The summed E-state index contributed by atoms with van der Waals surface area (Å²) in [6, 6.07) is 4.37. The van der Waals surface area contributed by atoms with E-state index in [0.717, 1.165) is 5.70 Å². The number of carbonyl (C=O) groups is 2. The second kappa shape index (κ2) is 6.22. The van der Waals surface area contributed by atoms with Crippen LogP contribution in [0.4, 0.5) is 11.4 Å². The molecule has 1 atom stereocenters. The lowest BCUT2D eigenvalue weighted by atomic mass is 9.74. The Hall–Kier alpha value is -3.09. The highest BCUT2D eigenvalue weighted by Gasteiger charge is 2.44. The van der Waals surface area contributed by atoms with E-state index in [1.54, 1.807) is 35.5 Å². The van der Waals surface area contributed by atoms with Crippen molar-refractivity contribution in [3.63, 3.8) is 0 Å². The van der Waals surface area contributed by atoms with Crippen LogP contribution in [0, 0.1) is 5.41 Å². The minimum atomic E-state index is -0.661. The van der Waals surface area contributed by atoms with Crippen molar-refractivity contribution >= 4 is 23.1 Å². The summed E-state index contributed by atoms with van der Waals surface area (Å²) < 4.78 is 1.83. The van der Waals surface area contributed by atoms with Crippen LogP contribution in [0.2, 0.25) is 0 Å². The minimum absolute atomic E-state index is 0.00899. The van der Waals surface area contributed by atoms with Gasteiger partial charge in [0.1, 0.15) is 23.3 Å². The Bertz CT molecular complexity index is 1020. The van der Waals surface area contributed by atoms with Gasteiger partial charge in [0.2, 0.25) is 5.91 Å². The van der Waals surface area contributed by atoms with Gasteiger partial charge in [0, 0.05) is 44.1 Å². The summed E-state index contributed by atoms with van der Waals surface area (Å²) in [5.74, 6) is 0.402. The summed E-state index contributed by atoms with van der Waals surface area (Å²) in [7, 11) is 1.85. The number of aryl methyl sites for hydroxylation is 1. The Morgan fingerprint density at radius 1 is 1.32 bits per heavy atom. The predicted molar refractivity (Wildman–Crippen MR) is 106 cm³/mol. The van der Waals surface area contributed by atoms with E-state index >= 15 is 0 Å². The van der Waals surface area contributed by atoms with Crippen LogP contribution in [0.3, 0.4) is 0 Å². The van der Waals surface area contributed by atoms with E-state index in [2.05, 4.69) is 10.3 Å². The largest absolute Gasteiger partial charge is 0.506 e. The van der Waals surface area contributed by atoms with Crippen LogP contribution in [-0.4, -0.2) is 26.3 Å². The van der Waals surface area contributed by atoms with Gasteiger partial charge in [-0.3, -0.25) is 14.5 Å². The zero-order chi connectivity index (χ0) is 20.2. The number of hydrogen-bond acceptors (Lipinski definition) is 5. The lowest BCUT2D eigenvalue weighted by Crippen LogP contribution is -2.39. The van der Waals surface area contributed by atoms with Gasteiger partial charge in [-0.15, -0.1) is 0 Å². The number of amides is 1. The molecule has 2 aliphatic rings. The molecule has 0 fully saturated rings. The van der Waals surface area contributed by atoms with E-state index in [-0.39, 0.29) is 22.9 Å². The molecule has 146 valence electrons. The molecule has 1 aromatic heterocycles. The predicted octanol–water partition coefficient (Wildman–Crippen LogP) is 3.29. The summed E-state index contributed by atoms with van der Waals surface area (Å²) in [5.41, 5.74) is 2.03. The maximum atomic E-state index is 13.3. The zero-order valence-electron chi connectivity index (χ0n) is 16.5. The van der Waals surface area contributed by atoms with Crippen molar-refractivity contribution in [1.29, 1.82) is 0 Å². The number of Topliss-reactive ketones (excluding diaryl/α,β-unsaturated/α-hetero) is 1. The number of aromatic hydroxyl groups is 1. The van der Waals surface area contributed by atoms with E-state index in [1.807, 2.05) is 25.5 Å². The van der Waals surface area contributed by atoms with Crippen LogP contribution in [0.25, 0.3) is 0 Å². The molecule has 2 aromatic rings. The number of carbonyl (C=O) groups excluding carboxylic acids is 2. The number of imidazole rings is 1. The highest BCUT2D eigenvalue weighted by Crippen LogP contribution is 2.49. The van der Waals surface area contributed by atoms with Crippen LogP contribution in [-0.2, 0) is 16.6 Å². The van der Waals surface area contributed by atoms with Crippen LogP contribution in [0.1, 0.15) is 45.5 Å². The first-order chi connectivity index (χ1) is 13.2. The second-order valence-corrected chi connectivity index (χ2v) is 8.32. The number of nitrogens with one attached hydrogen (secondary N) is 1. The number of fused-ring (bicyclic) bond motifs is 1. The van der Waals surface area contributed by atoms with Gasteiger partial charge in [0.15, 0.2) is 5.78 Å². The number of phenols is 1. The standard InChI is InChI=1S/C21H24N4O3/c1-12(26)25-14-6-5-7-15(27)18(14)23-13-10-21(2,3)11-16(28)17(13)19(25)20-22-8-9-24(20)4/h5-9,19,23,27H,10-11H2,1-4H3. The lowest BCUT2D eigenvalue weighted by molar-refractivity contribution is -0.118. The SMILES string of the molecule is CC(=O)N1c2cccc(O)c2NC2=C(C(=O)CC(C)(C)C2)C1c1nccn1C. The summed E-state index contributed by atoms with van der Waals surface area (Å²) >= 11 is 0. The molecule has 2 N–H and O–H groups in total. The Labute approximate surface area is 163 Å². The van der Waals surface area contributed by atoms with Crippen molar-refractivity contribution in [2.45, 2.75) is 39.7 Å². The van der Waals surface area contributed by atoms with Gasteiger partial charge in [-0.2, -0.15) is 0 Å². The van der Waals surface area contributed by atoms with E-state index in [0.29, 0.717) is 35.6 Å². The van der Waals surface area contributed by atoms with Gasteiger partial charge in [-0.05, 0) is 24.0 Å². The van der Waals surface area contributed by atoms with E-state index in [4.69, 9.17) is 0 Å². The van der Waals surface area contributed by atoms with E-state index in [9.17, 15) is 14.7 Å². The molecule has 0 saturated heterocycles. The van der Waals surface area contributed by atoms with Crippen molar-refractivity contribution in [2.24, 2.45) is 12.5 Å². The third-order valence-corrected chi connectivity index (χ3v) is 5.45. The first kappa shape index (κ1) is 18.3. The number of benzene rings is 1. The smallest absolute Gasteiger partial charge is 0.224 e. The number of rotatable bonds is 1. The first-order valence-electron chi connectivity index (χ1n) is 9.32. The number of phenolic OH excluding ortho intramolecular Hbond substituents is 1. The highest BCUT2D eigenvalue weighted by molar-refractivity contribution is 6.06. The fourth-order valence-corrected chi connectivity index (χ4v) is 4.28. The highest BCUT2D eigenvalue weighted by atomic mass is 16.3. The van der Waals surface area contributed by atoms with Crippen molar-refractivity contribution in [1.82, 2.24) is 9.55 Å². The van der Waals surface area contributed by atoms with Gasteiger partial charge in [0.25, 0.3) is 0 Å². The van der Waals surface area contributed by atoms with Crippen molar-refractivity contribution in [3.8, 4) is 5.75 Å². The lowest BCUT2D eigenvalue weighted by Gasteiger charge is -2.36. The molecule has 1 aliphatic heterocycles. The van der Waals surface area contributed by atoms with E-state index < -0.39 is 6.04 Å². The van der Waals surface area contributed by atoms with Crippen molar-refractivity contribution < 1.29 is 14.7 Å². The van der Waals surface area contributed by atoms with Crippen LogP contribution in [0.15, 0.2) is 41.9 Å². The Kier molecular flexibility index (Phi) is 4.06. The normalized spacial score (nSPS) is 20.9. The topological polar surface area (TPSA) is 87.5 Å². The third-order valence-electron chi connectivity index (χ3n) is 5.45. The number of para-hydroxylation sites is 1. The molecule has 1 aromatic carbocycles. The summed E-state index contributed by atoms with van der Waals surface area (Å²) in [5, 5.41) is 13.8. The fourth-order valence-electron chi connectivity index (χ4n) is 4.28. The molecule has 1 amide bonds. The molecule has 0 spiro atoms. The molecular formula is C21H24N4O3. The minimum Gasteiger partial charge on any atom is -0.506 e. The molecule has 4 rings (SSSR count). The van der Waals surface area contributed by atoms with Crippen LogP contribution >= 0.6 is 0 Å². The van der Waals surface area contributed by atoms with Gasteiger partial charge >= 0.3 is 0 Å². The maximum Gasteiger partial charge on any atom is 0.224 e. The molecule has 0 saturated carbocycles. The molecular weight excluding hydrogens is 356 g/mol. The summed E-state index contributed by atoms with van der Waals surface area (Å²) in [4.78, 5) is 32.1. The molecule has 2 heterocycles. The molecule has 28 heavy (non-hydrogen) atoms. The third kappa shape index (κ3) is 2.78. The van der Waals surface area contributed by atoms with Gasteiger partial charge in [-0.1, -0.05) is 19.9 Å². The Morgan fingerprint density at radius 2 is 2.07 bits per heavy atom. The van der Waals surface area contributed by atoms with Gasteiger partial charge in [-0.25, -0.2) is 4.98 Å².